The SMILES string of the molecule is NC(=O)[C@@H](CC1CC1)NC(=O)c1ccc2ccccc2n1. The zero-order valence-corrected chi connectivity index (χ0v) is 11.6. The van der Waals surface area contributed by atoms with Crippen LogP contribution < -0.4 is 11.1 Å². The first-order valence-corrected chi connectivity index (χ1v) is 7.09. The van der Waals surface area contributed by atoms with Crippen LogP contribution in [0.25, 0.3) is 10.9 Å². The summed E-state index contributed by atoms with van der Waals surface area (Å²) < 4.78 is 0. The number of para-hydroxylation sites is 1. The van der Waals surface area contributed by atoms with Gasteiger partial charge in [-0.25, -0.2) is 4.98 Å². The second-order valence-electron chi connectivity index (χ2n) is 5.50. The molecule has 21 heavy (non-hydrogen) atoms. The van der Waals surface area contributed by atoms with Crippen molar-refractivity contribution >= 4 is 22.7 Å². The van der Waals surface area contributed by atoms with E-state index < -0.39 is 11.9 Å². The number of amides is 2. The van der Waals surface area contributed by atoms with Crippen LogP contribution >= 0.6 is 0 Å². The zero-order chi connectivity index (χ0) is 14.8. The van der Waals surface area contributed by atoms with Crippen LogP contribution in [-0.2, 0) is 4.79 Å². The molecule has 1 heterocycles. The lowest BCUT2D eigenvalue weighted by Crippen LogP contribution is -2.44. The molecule has 1 aliphatic rings. The number of benzene rings is 1. The van der Waals surface area contributed by atoms with Crippen LogP contribution in [-0.4, -0.2) is 22.8 Å². The van der Waals surface area contributed by atoms with Crippen LogP contribution in [0, 0.1) is 5.92 Å². The number of aromatic nitrogens is 1. The molecule has 1 aromatic carbocycles. The molecule has 108 valence electrons. The highest BCUT2D eigenvalue weighted by Crippen LogP contribution is 2.33. The first-order valence-electron chi connectivity index (χ1n) is 7.09. The van der Waals surface area contributed by atoms with Crippen molar-refractivity contribution in [1.29, 1.82) is 0 Å². The fraction of sp³-hybridized carbons (Fsp3) is 0.312. The average molecular weight is 283 g/mol. The summed E-state index contributed by atoms with van der Waals surface area (Å²) in [6, 6.07) is 10.5. The Bertz CT molecular complexity index is 695. The van der Waals surface area contributed by atoms with Crippen molar-refractivity contribution < 1.29 is 9.59 Å². The molecule has 3 N–H and O–H groups in total. The van der Waals surface area contributed by atoms with Gasteiger partial charge in [0.2, 0.25) is 5.91 Å². The lowest BCUT2D eigenvalue weighted by molar-refractivity contribution is -0.120. The predicted octanol–water partition coefficient (Wildman–Crippen LogP) is 1.62. The molecule has 1 saturated carbocycles. The molecule has 1 fully saturated rings. The molecular weight excluding hydrogens is 266 g/mol. The molecule has 0 radical (unpaired) electrons. The van der Waals surface area contributed by atoms with E-state index in [1.807, 2.05) is 30.3 Å². The van der Waals surface area contributed by atoms with E-state index in [2.05, 4.69) is 10.3 Å². The van der Waals surface area contributed by atoms with Gasteiger partial charge in [-0.3, -0.25) is 9.59 Å². The Morgan fingerprint density at radius 2 is 2.00 bits per heavy atom. The molecule has 1 aliphatic carbocycles. The number of fused-ring (bicyclic) bond motifs is 1. The first kappa shape index (κ1) is 13.5. The van der Waals surface area contributed by atoms with Gasteiger partial charge in [0, 0.05) is 5.39 Å². The summed E-state index contributed by atoms with van der Waals surface area (Å²) in [5.41, 5.74) is 6.41. The second-order valence-corrected chi connectivity index (χ2v) is 5.50. The van der Waals surface area contributed by atoms with Crippen LogP contribution in [0.1, 0.15) is 29.8 Å². The van der Waals surface area contributed by atoms with Crippen molar-refractivity contribution in [2.45, 2.75) is 25.3 Å². The number of rotatable bonds is 5. The third-order valence-electron chi connectivity index (χ3n) is 3.75. The van der Waals surface area contributed by atoms with E-state index in [-0.39, 0.29) is 5.91 Å². The molecule has 0 saturated heterocycles. The van der Waals surface area contributed by atoms with Crippen molar-refractivity contribution in [3.8, 4) is 0 Å². The van der Waals surface area contributed by atoms with Gasteiger partial charge in [0.05, 0.1) is 5.52 Å². The van der Waals surface area contributed by atoms with Crippen molar-refractivity contribution in [3.05, 3.63) is 42.1 Å². The molecule has 0 aliphatic heterocycles. The molecule has 0 spiro atoms. The third-order valence-corrected chi connectivity index (χ3v) is 3.75. The Hall–Kier alpha value is -2.43. The van der Waals surface area contributed by atoms with E-state index in [9.17, 15) is 9.59 Å². The van der Waals surface area contributed by atoms with Gasteiger partial charge in [-0.05, 0) is 24.5 Å². The quantitative estimate of drug-likeness (QED) is 0.874. The topological polar surface area (TPSA) is 85.1 Å². The van der Waals surface area contributed by atoms with Crippen molar-refractivity contribution in [2.24, 2.45) is 11.7 Å². The van der Waals surface area contributed by atoms with Gasteiger partial charge in [-0.1, -0.05) is 37.1 Å². The van der Waals surface area contributed by atoms with Gasteiger partial charge in [-0.2, -0.15) is 0 Å². The Labute approximate surface area is 122 Å². The lowest BCUT2D eigenvalue weighted by atomic mass is 10.1. The van der Waals surface area contributed by atoms with Crippen LogP contribution in [0.5, 0.6) is 0 Å². The van der Waals surface area contributed by atoms with E-state index in [0.717, 1.165) is 23.7 Å². The van der Waals surface area contributed by atoms with E-state index >= 15 is 0 Å². The summed E-state index contributed by atoms with van der Waals surface area (Å²) in [7, 11) is 0. The van der Waals surface area contributed by atoms with Crippen LogP contribution in [0.15, 0.2) is 36.4 Å². The van der Waals surface area contributed by atoms with Gasteiger partial charge >= 0.3 is 0 Å². The lowest BCUT2D eigenvalue weighted by Gasteiger charge is -2.14. The fourth-order valence-electron chi connectivity index (χ4n) is 2.36. The second kappa shape index (κ2) is 5.52. The number of pyridine rings is 1. The van der Waals surface area contributed by atoms with E-state index in [4.69, 9.17) is 5.73 Å². The smallest absolute Gasteiger partial charge is 0.270 e. The molecule has 2 amide bonds. The van der Waals surface area contributed by atoms with Crippen LogP contribution in [0.4, 0.5) is 0 Å². The monoisotopic (exact) mass is 283 g/mol. The molecule has 5 heteroatoms. The molecule has 1 aromatic heterocycles. The Morgan fingerprint density at radius 3 is 2.71 bits per heavy atom. The largest absolute Gasteiger partial charge is 0.368 e. The standard InChI is InChI=1S/C16H17N3O2/c17-15(20)14(9-10-5-6-10)19-16(21)13-8-7-11-3-1-2-4-12(11)18-13/h1-4,7-8,10,14H,5-6,9H2,(H2,17,20)(H,19,21)/t14-/m1/s1. The summed E-state index contributed by atoms with van der Waals surface area (Å²) in [6.45, 7) is 0. The van der Waals surface area contributed by atoms with E-state index in [1.54, 1.807) is 6.07 Å². The minimum atomic E-state index is -0.613. The normalized spacial score (nSPS) is 15.6. The summed E-state index contributed by atoms with van der Waals surface area (Å²) in [6.07, 6.45) is 2.83. The summed E-state index contributed by atoms with van der Waals surface area (Å²) in [5, 5.41) is 3.66. The fourth-order valence-corrected chi connectivity index (χ4v) is 2.36. The van der Waals surface area contributed by atoms with Crippen LogP contribution in [0.2, 0.25) is 0 Å². The predicted molar refractivity (Wildman–Crippen MR) is 79.5 cm³/mol. The minimum Gasteiger partial charge on any atom is -0.368 e. The summed E-state index contributed by atoms with van der Waals surface area (Å²) in [4.78, 5) is 28.0. The number of nitrogens with two attached hydrogens (primary N) is 1. The van der Waals surface area contributed by atoms with Gasteiger partial charge < -0.3 is 11.1 Å². The van der Waals surface area contributed by atoms with Crippen molar-refractivity contribution in [2.75, 3.05) is 0 Å². The Balaban J connectivity index is 1.77. The highest BCUT2D eigenvalue weighted by molar-refractivity contribution is 5.97. The molecule has 1 atom stereocenters. The molecule has 5 nitrogen and oxygen atoms in total. The number of nitrogens with zero attached hydrogens (tertiary/aromatic N) is 1. The number of hydrogen-bond donors (Lipinski definition) is 2. The average Bonchev–Trinajstić information content (AvgIpc) is 3.30. The van der Waals surface area contributed by atoms with Crippen molar-refractivity contribution in [3.63, 3.8) is 0 Å². The number of nitrogens with one attached hydrogen (secondary N) is 1. The summed E-state index contributed by atoms with van der Waals surface area (Å²) in [5.74, 6) is -0.339. The maximum Gasteiger partial charge on any atom is 0.270 e. The first-order chi connectivity index (χ1) is 10.1. The number of hydrogen-bond acceptors (Lipinski definition) is 3. The van der Waals surface area contributed by atoms with E-state index in [1.165, 1.54) is 0 Å². The number of carbonyl (C=O) groups is 2. The van der Waals surface area contributed by atoms with Crippen LogP contribution in [0.3, 0.4) is 0 Å². The van der Waals surface area contributed by atoms with Gasteiger partial charge in [0.15, 0.2) is 0 Å². The number of primary amides is 1. The maximum absolute atomic E-state index is 12.2. The third kappa shape index (κ3) is 3.18. The minimum absolute atomic E-state index is 0.302. The molecular formula is C16H17N3O2. The highest BCUT2D eigenvalue weighted by atomic mass is 16.2. The van der Waals surface area contributed by atoms with Gasteiger partial charge in [0.25, 0.3) is 5.91 Å². The summed E-state index contributed by atoms with van der Waals surface area (Å²) >= 11 is 0. The molecule has 0 bridgehead atoms. The van der Waals surface area contributed by atoms with Crippen molar-refractivity contribution in [1.82, 2.24) is 10.3 Å². The van der Waals surface area contributed by atoms with Gasteiger partial charge in [0.1, 0.15) is 11.7 Å². The highest BCUT2D eigenvalue weighted by Gasteiger charge is 2.29. The molecule has 3 rings (SSSR count). The molecule has 2 aromatic rings. The van der Waals surface area contributed by atoms with E-state index in [0.29, 0.717) is 18.0 Å². The number of carbonyl (C=O) groups excluding carboxylic acids is 2. The van der Waals surface area contributed by atoms with Gasteiger partial charge in [-0.15, -0.1) is 0 Å². The molecule has 0 unspecified atom stereocenters. The maximum atomic E-state index is 12.2. The Morgan fingerprint density at radius 1 is 1.24 bits per heavy atom. The Kier molecular flexibility index (Phi) is 3.56. The zero-order valence-electron chi connectivity index (χ0n) is 11.6.